The molecule has 6 nitrogen and oxygen atoms in total. The van der Waals surface area contributed by atoms with Crippen molar-refractivity contribution in [3.8, 4) is 11.8 Å². The summed E-state index contributed by atoms with van der Waals surface area (Å²) in [6.07, 6.45) is 0. The van der Waals surface area contributed by atoms with Crippen LogP contribution in [0.2, 0.25) is 0 Å². The van der Waals surface area contributed by atoms with Crippen molar-refractivity contribution in [2.24, 2.45) is 0 Å². The first-order valence-corrected chi connectivity index (χ1v) is 7.72. The Kier molecular flexibility index (Phi) is 3.83. The van der Waals surface area contributed by atoms with Crippen LogP contribution in [-0.2, 0) is 10.0 Å². The number of nitrogens with one attached hydrogen (secondary N) is 1. The Bertz CT molecular complexity index is 775. The van der Waals surface area contributed by atoms with Gasteiger partial charge in [-0.2, -0.15) is 5.26 Å². The summed E-state index contributed by atoms with van der Waals surface area (Å²) in [7, 11) is -2.24. The van der Waals surface area contributed by atoms with Crippen molar-refractivity contribution in [3.05, 3.63) is 35.2 Å². The predicted molar refractivity (Wildman–Crippen MR) is 77.2 cm³/mol. The lowest BCUT2D eigenvalue weighted by atomic mass is 10.2. The number of ether oxygens (including phenoxy) is 1. The maximum atomic E-state index is 12.1. The van der Waals surface area contributed by atoms with E-state index in [0.29, 0.717) is 22.0 Å². The number of nitriles is 1. The van der Waals surface area contributed by atoms with Crippen LogP contribution in [0.15, 0.2) is 34.5 Å². The van der Waals surface area contributed by atoms with Gasteiger partial charge in [-0.15, -0.1) is 11.3 Å². The number of rotatable bonds is 4. The van der Waals surface area contributed by atoms with Gasteiger partial charge in [-0.3, -0.25) is 4.72 Å². The van der Waals surface area contributed by atoms with Crippen molar-refractivity contribution < 1.29 is 13.2 Å². The molecule has 0 atom stereocenters. The first kappa shape index (κ1) is 14.2. The van der Waals surface area contributed by atoms with Gasteiger partial charge in [0.25, 0.3) is 10.0 Å². The molecule has 0 amide bonds. The molecule has 1 heterocycles. The summed E-state index contributed by atoms with van der Waals surface area (Å²) in [5.74, 6) is 0.468. The second-order valence-electron chi connectivity index (χ2n) is 3.79. The van der Waals surface area contributed by atoms with Gasteiger partial charge in [0, 0.05) is 0 Å². The fourth-order valence-electron chi connectivity index (χ4n) is 1.53. The third kappa shape index (κ3) is 2.84. The summed E-state index contributed by atoms with van der Waals surface area (Å²) >= 11 is 0.903. The van der Waals surface area contributed by atoms with E-state index in [1.807, 2.05) is 6.07 Å². The van der Waals surface area contributed by atoms with E-state index in [1.54, 1.807) is 12.1 Å². The number of nitrogens with two attached hydrogens (primary N) is 1. The maximum Gasteiger partial charge on any atom is 0.271 e. The van der Waals surface area contributed by atoms with Crippen LogP contribution < -0.4 is 15.2 Å². The first-order chi connectivity index (χ1) is 9.46. The van der Waals surface area contributed by atoms with Gasteiger partial charge in [-0.1, -0.05) is 0 Å². The number of nitrogens with zero attached hydrogens (tertiary/aromatic N) is 1. The van der Waals surface area contributed by atoms with E-state index in [2.05, 4.69) is 4.72 Å². The average molecular weight is 309 g/mol. The lowest BCUT2D eigenvalue weighted by molar-refractivity contribution is 0.417. The topological polar surface area (TPSA) is 105 Å². The molecule has 0 saturated heterocycles. The molecule has 0 spiro atoms. The summed E-state index contributed by atoms with van der Waals surface area (Å²) in [6.45, 7) is 0. The van der Waals surface area contributed by atoms with Gasteiger partial charge < -0.3 is 10.5 Å². The smallest absolute Gasteiger partial charge is 0.271 e. The summed E-state index contributed by atoms with van der Waals surface area (Å²) in [5.41, 5.74) is 6.37. The maximum absolute atomic E-state index is 12.1. The zero-order valence-electron chi connectivity index (χ0n) is 10.5. The van der Waals surface area contributed by atoms with Gasteiger partial charge in [0.15, 0.2) is 0 Å². The van der Waals surface area contributed by atoms with Crippen molar-refractivity contribution in [1.82, 2.24) is 0 Å². The number of benzene rings is 1. The fourth-order valence-corrected chi connectivity index (χ4v) is 3.68. The molecule has 0 unspecified atom stereocenters. The highest BCUT2D eigenvalue weighted by atomic mass is 32.2. The number of thiophene rings is 1. The zero-order chi connectivity index (χ0) is 14.8. The van der Waals surface area contributed by atoms with E-state index >= 15 is 0 Å². The predicted octanol–water partition coefficient (Wildman–Crippen LogP) is 2.01. The number of hydrogen-bond donors (Lipinski definition) is 2. The van der Waals surface area contributed by atoms with Crippen LogP contribution in [0, 0.1) is 11.3 Å². The molecule has 0 aliphatic heterocycles. The molecular formula is C12H11N3O3S2. The molecule has 3 N–H and O–H groups in total. The molecule has 2 rings (SSSR count). The summed E-state index contributed by atoms with van der Waals surface area (Å²) in [5, 5.41) is 8.72. The van der Waals surface area contributed by atoms with Crippen LogP contribution in [0.4, 0.5) is 11.4 Å². The van der Waals surface area contributed by atoms with Crippen LogP contribution in [0.3, 0.4) is 0 Å². The molecule has 0 bridgehead atoms. The van der Waals surface area contributed by atoms with Crippen LogP contribution in [0.1, 0.15) is 4.88 Å². The van der Waals surface area contributed by atoms with Gasteiger partial charge in [0.2, 0.25) is 0 Å². The highest BCUT2D eigenvalue weighted by Crippen LogP contribution is 2.28. The number of methoxy groups -OCH3 is 1. The minimum atomic E-state index is -3.72. The fraction of sp³-hybridized carbons (Fsp3) is 0.0833. The molecule has 1 aromatic heterocycles. The number of sulfonamides is 1. The van der Waals surface area contributed by atoms with E-state index < -0.39 is 10.0 Å². The van der Waals surface area contributed by atoms with Crippen LogP contribution in [0.5, 0.6) is 5.75 Å². The minimum absolute atomic E-state index is 0.0726. The van der Waals surface area contributed by atoms with Crippen LogP contribution in [0.25, 0.3) is 0 Å². The number of anilines is 2. The SMILES string of the molecule is COc1ccc(NS(=O)(=O)c2ccc(C#N)s2)cc1N. The van der Waals surface area contributed by atoms with E-state index in [4.69, 9.17) is 15.7 Å². The lowest BCUT2D eigenvalue weighted by Crippen LogP contribution is -2.11. The van der Waals surface area contributed by atoms with Gasteiger partial charge in [0.05, 0.1) is 18.5 Å². The van der Waals surface area contributed by atoms with Gasteiger partial charge in [0.1, 0.15) is 20.9 Å². The van der Waals surface area contributed by atoms with Crippen molar-refractivity contribution in [1.29, 1.82) is 5.26 Å². The van der Waals surface area contributed by atoms with Crippen LogP contribution in [-0.4, -0.2) is 15.5 Å². The van der Waals surface area contributed by atoms with Crippen molar-refractivity contribution in [2.75, 3.05) is 17.6 Å². The molecule has 1 aromatic carbocycles. The Hall–Kier alpha value is -2.24. The summed E-state index contributed by atoms with van der Waals surface area (Å²) in [6, 6.07) is 9.33. The first-order valence-electron chi connectivity index (χ1n) is 5.42. The van der Waals surface area contributed by atoms with Crippen molar-refractivity contribution >= 4 is 32.7 Å². The molecule has 0 fully saturated rings. The normalized spacial score (nSPS) is 10.8. The Morgan fingerprint density at radius 2 is 2.10 bits per heavy atom. The van der Waals surface area contributed by atoms with Crippen molar-refractivity contribution in [2.45, 2.75) is 4.21 Å². The Morgan fingerprint density at radius 1 is 1.35 bits per heavy atom. The third-order valence-corrected chi connectivity index (χ3v) is 5.30. The molecular weight excluding hydrogens is 298 g/mol. The van der Waals surface area contributed by atoms with E-state index in [9.17, 15) is 8.42 Å². The second kappa shape index (κ2) is 5.40. The van der Waals surface area contributed by atoms with Gasteiger partial charge >= 0.3 is 0 Å². The second-order valence-corrected chi connectivity index (χ2v) is 6.79. The molecule has 0 radical (unpaired) electrons. The molecule has 2 aromatic rings. The van der Waals surface area contributed by atoms with E-state index in [1.165, 1.54) is 25.3 Å². The monoisotopic (exact) mass is 309 g/mol. The molecule has 0 saturated carbocycles. The van der Waals surface area contributed by atoms with Crippen LogP contribution >= 0.6 is 11.3 Å². The number of nitrogen functional groups attached to an aromatic ring is 1. The lowest BCUT2D eigenvalue weighted by Gasteiger charge is -2.09. The molecule has 0 aliphatic carbocycles. The summed E-state index contributed by atoms with van der Waals surface area (Å²) in [4.78, 5) is 0.333. The highest BCUT2D eigenvalue weighted by Gasteiger charge is 2.17. The molecule has 104 valence electrons. The zero-order valence-corrected chi connectivity index (χ0v) is 12.1. The average Bonchev–Trinajstić information content (AvgIpc) is 2.88. The Morgan fingerprint density at radius 3 is 2.65 bits per heavy atom. The molecule has 20 heavy (non-hydrogen) atoms. The van der Waals surface area contributed by atoms with E-state index in [-0.39, 0.29) is 4.21 Å². The van der Waals surface area contributed by atoms with Crippen molar-refractivity contribution in [3.63, 3.8) is 0 Å². The Balaban J connectivity index is 2.29. The summed E-state index contributed by atoms with van der Waals surface area (Å²) < 4.78 is 31.7. The largest absolute Gasteiger partial charge is 0.495 e. The number of hydrogen-bond acceptors (Lipinski definition) is 6. The van der Waals surface area contributed by atoms with E-state index in [0.717, 1.165) is 11.3 Å². The quantitative estimate of drug-likeness (QED) is 0.840. The van der Waals surface area contributed by atoms with Gasteiger partial charge in [-0.25, -0.2) is 8.42 Å². The molecule has 0 aliphatic rings. The highest BCUT2D eigenvalue weighted by molar-refractivity contribution is 7.94. The third-order valence-electron chi connectivity index (χ3n) is 2.44. The molecule has 8 heteroatoms. The van der Waals surface area contributed by atoms with Gasteiger partial charge in [-0.05, 0) is 30.3 Å². The Labute approximate surface area is 120 Å². The minimum Gasteiger partial charge on any atom is -0.495 e. The standard InChI is InChI=1S/C12H11N3O3S2/c1-18-11-4-2-8(6-10(11)14)15-20(16,17)12-5-3-9(7-13)19-12/h2-6,15H,14H2,1H3.